The van der Waals surface area contributed by atoms with E-state index in [0.717, 1.165) is 25.5 Å². The van der Waals surface area contributed by atoms with Crippen LogP contribution in [0.15, 0.2) is 63.8 Å². The monoisotopic (exact) mass is 512 g/mol. The first-order valence-corrected chi connectivity index (χ1v) is 12.1. The lowest BCUT2D eigenvalue weighted by molar-refractivity contribution is 0.103. The Hall–Kier alpha value is -3.59. The van der Waals surface area contributed by atoms with E-state index in [1.807, 2.05) is 4.90 Å². The number of phenols is 1. The maximum atomic E-state index is 15.7. The quantitative estimate of drug-likeness (QED) is 0.278. The van der Waals surface area contributed by atoms with Gasteiger partial charge in [-0.3, -0.25) is 4.99 Å². The van der Waals surface area contributed by atoms with Gasteiger partial charge in [-0.25, -0.2) is 8.78 Å². The van der Waals surface area contributed by atoms with Gasteiger partial charge in [0.25, 0.3) is 0 Å². The predicted molar refractivity (Wildman–Crippen MR) is 145 cm³/mol. The van der Waals surface area contributed by atoms with Gasteiger partial charge in [0.15, 0.2) is 5.83 Å². The Labute approximate surface area is 216 Å². The fourth-order valence-electron chi connectivity index (χ4n) is 4.87. The molecule has 0 radical (unpaired) electrons. The van der Waals surface area contributed by atoms with Gasteiger partial charge in [0.05, 0.1) is 18.9 Å². The van der Waals surface area contributed by atoms with Gasteiger partial charge in [-0.15, -0.1) is 0 Å². The molecule has 0 amide bonds. The van der Waals surface area contributed by atoms with Crippen molar-refractivity contribution in [3.05, 3.63) is 65.5 Å². The number of methoxy groups -OCH3 is 1. The maximum absolute atomic E-state index is 15.7. The Kier molecular flexibility index (Phi) is 9.15. The smallest absolute Gasteiger partial charge is 0.318 e. The largest absolute Gasteiger partial charge is 0.508 e. The van der Waals surface area contributed by atoms with E-state index in [9.17, 15) is 14.6 Å². The maximum Gasteiger partial charge on any atom is 0.318 e. The molecule has 1 heterocycles. The number of aliphatic hydroxyl groups is 1. The molecule has 1 saturated carbocycles. The Morgan fingerprint density at radius 1 is 1.19 bits per heavy atom. The van der Waals surface area contributed by atoms with E-state index >= 15 is 4.39 Å². The first-order valence-electron chi connectivity index (χ1n) is 12.1. The van der Waals surface area contributed by atoms with Crippen molar-refractivity contribution in [3.8, 4) is 5.75 Å². The van der Waals surface area contributed by atoms with E-state index in [2.05, 4.69) is 28.1 Å². The van der Waals surface area contributed by atoms with Crippen LogP contribution in [0.5, 0.6) is 5.75 Å². The number of nitrogens with zero attached hydrogens (tertiary/aromatic N) is 4. The molecule has 1 aromatic carbocycles. The van der Waals surface area contributed by atoms with Gasteiger partial charge in [0, 0.05) is 24.4 Å². The highest BCUT2D eigenvalue weighted by atomic mass is 19.1. The summed E-state index contributed by atoms with van der Waals surface area (Å²) in [5.74, 6) is -0.692. The van der Waals surface area contributed by atoms with E-state index in [0.29, 0.717) is 34.9 Å². The number of phenolic OH excluding ortho intramolecular Hbond substituents is 1. The number of rotatable bonds is 7. The number of aromatic hydroxyl groups is 1. The Morgan fingerprint density at radius 3 is 2.57 bits per heavy atom. The summed E-state index contributed by atoms with van der Waals surface area (Å²) in [5, 5.41) is 20.3. The number of ether oxygens (including phenoxy) is 1. The van der Waals surface area contributed by atoms with Crippen LogP contribution in [-0.4, -0.2) is 58.9 Å². The van der Waals surface area contributed by atoms with E-state index < -0.39 is 11.7 Å². The van der Waals surface area contributed by atoms with Crippen LogP contribution in [0.1, 0.15) is 49.8 Å². The highest BCUT2D eigenvalue weighted by Gasteiger charge is 2.39. The summed E-state index contributed by atoms with van der Waals surface area (Å²) in [6, 6.07) is 2.91. The Morgan fingerprint density at radius 2 is 1.92 bits per heavy atom. The van der Waals surface area contributed by atoms with Gasteiger partial charge in [-0.2, -0.15) is 9.98 Å². The average molecular weight is 513 g/mol. The standard InChI is InChI=1S/C28H34F2N4O3/c1-7-31-27(25-14-24(36)12-21(17(25)3)9-8-16(2)29)26(30)18(4)32-28(37-6)33-19(5)34-15-20-10-22(34)13-23(35)11-20/h7-9,12,14,20,22-23,35-36H,2,5,10-11,13,15H2,1,3-4,6H3/b9-8-,27-26+,31-7-,32-18+,33-28+. The summed E-state index contributed by atoms with van der Waals surface area (Å²) in [5.41, 5.74) is 1.29. The van der Waals surface area contributed by atoms with Crippen molar-refractivity contribution in [3.63, 3.8) is 0 Å². The molecule has 37 heavy (non-hydrogen) atoms. The van der Waals surface area contributed by atoms with E-state index in [1.165, 1.54) is 38.5 Å². The average Bonchev–Trinajstić information content (AvgIpc) is 3.15. The molecule has 2 fully saturated rings. The number of amidine groups is 1. The third-order valence-electron chi connectivity index (χ3n) is 6.57. The van der Waals surface area contributed by atoms with Crippen LogP contribution >= 0.6 is 0 Å². The zero-order valence-corrected chi connectivity index (χ0v) is 21.7. The highest BCUT2D eigenvalue weighted by Crippen LogP contribution is 2.37. The first kappa shape index (κ1) is 28.0. The summed E-state index contributed by atoms with van der Waals surface area (Å²) < 4.78 is 34.2. The topological polar surface area (TPSA) is 90.0 Å². The third-order valence-corrected chi connectivity index (χ3v) is 6.57. The molecule has 1 aromatic rings. The second-order valence-corrected chi connectivity index (χ2v) is 9.28. The highest BCUT2D eigenvalue weighted by molar-refractivity contribution is 6.08. The van der Waals surface area contributed by atoms with Crippen LogP contribution in [0.4, 0.5) is 8.78 Å². The van der Waals surface area contributed by atoms with Crippen molar-refractivity contribution in [2.45, 2.75) is 52.2 Å². The Balaban J connectivity index is 1.97. The number of halogens is 2. The molecule has 198 valence electrons. The van der Waals surface area contributed by atoms with Crippen molar-refractivity contribution in [2.24, 2.45) is 20.9 Å². The van der Waals surface area contributed by atoms with Crippen molar-refractivity contribution in [2.75, 3.05) is 13.7 Å². The molecule has 0 aromatic heterocycles. The van der Waals surface area contributed by atoms with Gasteiger partial charge in [-0.05, 0) is 75.3 Å². The molecule has 9 heteroatoms. The molecule has 2 aliphatic rings. The van der Waals surface area contributed by atoms with Gasteiger partial charge in [0.2, 0.25) is 0 Å². The molecule has 1 saturated heterocycles. The molecular formula is C28H34F2N4O3. The lowest BCUT2D eigenvalue weighted by Gasteiger charge is -2.27. The molecule has 2 bridgehead atoms. The minimum absolute atomic E-state index is 0.0402. The lowest BCUT2D eigenvalue weighted by atomic mass is 9.88. The molecule has 2 N–H and O–H groups in total. The van der Waals surface area contributed by atoms with Crippen molar-refractivity contribution < 1.29 is 23.7 Å². The number of fused-ring (bicyclic) bond motifs is 2. The zero-order valence-electron chi connectivity index (χ0n) is 21.7. The predicted octanol–water partition coefficient (Wildman–Crippen LogP) is 5.71. The second-order valence-electron chi connectivity index (χ2n) is 9.28. The van der Waals surface area contributed by atoms with Crippen molar-refractivity contribution in [1.29, 1.82) is 0 Å². The normalized spacial score (nSPS) is 23.1. The van der Waals surface area contributed by atoms with Gasteiger partial charge in [0.1, 0.15) is 23.1 Å². The van der Waals surface area contributed by atoms with E-state index in [1.54, 1.807) is 13.8 Å². The number of aliphatic hydroxyl groups excluding tert-OH is 1. The van der Waals surface area contributed by atoms with Crippen LogP contribution in [0, 0.1) is 12.8 Å². The second kappa shape index (κ2) is 12.1. The molecular weight excluding hydrogens is 478 g/mol. The van der Waals surface area contributed by atoms with E-state index in [4.69, 9.17) is 4.74 Å². The molecule has 7 nitrogen and oxygen atoms in total. The zero-order chi connectivity index (χ0) is 27.3. The summed E-state index contributed by atoms with van der Waals surface area (Å²) in [6.07, 6.45) is 6.11. The fourth-order valence-corrected chi connectivity index (χ4v) is 4.87. The van der Waals surface area contributed by atoms with E-state index in [-0.39, 0.29) is 35.3 Å². The molecule has 3 rings (SSSR count). The van der Waals surface area contributed by atoms with Crippen LogP contribution in [-0.2, 0) is 4.74 Å². The summed E-state index contributed by atoms with van der Waals surface area (Å²) in [4.78, 5) is 14.9. The minimum atomic E-state index is -0.743. The summed E-state index contributed by atoms with van der Waals surface area (Å²) in [7, 11) is 1.39. The molecule has 3 atom stereocenters. The number of likely N-dealkylation sites (tertiary alicyclic amines) is 1. The van der Waals surface area contributed by atoms with Crippen LogP contribution < -0.4 is 0 Å². The summed E-state index contributed by atoms with van der Waals surface area (Å²) in [6.45, 7) is 12.8. The van der Waals surface area contributed by atoms with Gasteiger partial charge in [-0.1, -0.05) is 19.2 Å². The number of benzene rings is 1. The SMILES string of the molecule is C=C(F)/C=C\c1cc(O)cc(C(/N=C\C)=C(F)/C(C)=N/C(=N\C(=C)N2CC3CC(O)CC2C3)OC)c1C. The lowest BCUT2D eigenvalue weighted by Crippen LogP contribution is -2.31. The minimum Gasteiger partial charge on any atom is -0.508 e. The van der Waals surface area contributed by atoms with Gasteiger partial charge < -0.3 is 19.8 Å². The first-order chi connectivity index (χ1) is 17.5. The van der Waals surface area contributed by atoms with Crippen LogP contribution in [0.2, 0.25) is 0 Å². The molecule has 3 unspecified atom stereocenters. The summed E-state index contributed by atoms with van der Waals surface area (Å²) >= 11 is 0. The fraction of sp³-hybridized carbons (Fsp3) is 0.393. The Bertz CT molecular complexity index is 1220. The van der Waals surface area contributed by atoms with Crippen LogP contribution in [0.25, 0.3) is 11.8 Å². The van der Waals surface area contributed by atoms with Crippen molar-refractivity contribution >= 4 is 29.7 Å². The third kappa shape index (κ3) is 6.80. The van der Waals surface area contributed by atoms with Gasteiger partial charge >= 0.3 is 6.02 Å². The number of aliphatic imine (C=N–C) groups is 3. The number of allylic oxidation sites excluding steroid dienone is 3. The van der Waals surface area contributed by atoms with Crippen LogP contribution in [0.3, 0.4) is 0 Å². The number of hydrogen-bond acceptors (Lipinski definition) is 6. The number of hydrogen-bond donors (Lipinski definition) is 2. The van der Waals surface area contributed by atoms with Crippen molar-refractivity contribution in [1.82, 2.24) is 4.90 Å². The molecule has 1 aliphatic carbocycles. The molecule has 0 spiro atoms. The molecule has 1 aliphatic heterocycles.